The molecule has 0 N–H and O–H groups in total. The first-order valence-corrected chi connectivity index (χ1v) is 28.8. The molecule has 0 fully saturated rings. The summed E-state index contributed by atoms with van der Waals surface area (Å²) in [6, 6.07) is 66.8. The molecule has 13 rings (SSSR count). The third-order valence-corrected chi connectivity index (χ3v) is 16.6. The number of hydrogen-bond acceptors (Lipinski definition) is 2. The van der Waals surface area contributed by atoms with Gasteiger partial charge >= 0.3 is 0 Å². The maximum atomic E-state index is 8.95. The zero-order chi connectivity index (χ0) is 63.1. The zero-order valence-corrected chi connectivity index (χ0v) is 52.1. The van der Waals surface area contributed by atoms with Crippen LogP contribution in [0.4, 0.5) is 0 Å². The number of imidazole rings is 1. The number of aromatic nitrogens is 4. The van der Waals surface area contributed by atoms with Crippen LogP contribution in [-0.4, -0.2) is 14.1 Å². The molecule has 0 aliphatic carbocycles. The van der Waals surface area contributed by atoms with Crippen LogP contribution in [-0.2, 0) is 42.7 Å². The molecule has 0 amide bonds. The molecule has 1 aliphatic heterocycles. The summed E-state index contributed by atoms with van der Waals surface area (Å²) in [6.07, 6.45) is 5.83. The molecule has 5 nitrogen and oxygen atoms in total. The molecule has 6 heteroatoms. The maximum Gasteiger partial charge on any atom is 0.268 e. The molecule has 0 saturated carbocycles. The van der Waals surface area contributed by atoms with E-state index in [4.69, 9.17) is 17.9 Å². The Bertz CT molecular complexity index is 4780. The first kappa shape index (κ1) is 49.3. The molecule has 0 saturated heterocycles. The normalized spacial score (nSPS) is 13.9. The van der Waals surface area contributed by atoms with E-state index in [2.05, 4.69) is 214 Å². The van der Waals surface area contributed by atoms with Crippen LogP contribution in [0.1, 0.15) is 125 Å². The summed E-state index contributed by atoms with van der Waals surface area (Å²) >= 11 is 0. The van der Waals surface area contributed by atoms with Crippen molar-refractivity contribution in [3.05, 3.63) is 234 Å². The molecule has 9 aromatic carbocycles. The van der Waals surface area contributed by atoms with Gasteiger partial charge in [0.2, 0.25) is 0 Å². The largest absolute Gasteiger partial charge is 0.510 e. The molecule has 0 radical (unpaired) electrons. The van der Waals surface area contributed by atoms with Crippen molar-refractivity contribution in [2.75, 3.05) is 0 Å². The first-order chi connectivity index (χ1) is 41.9. The number of para-hydroxylation sites is 1. The topological polar surface area (TPSA) is 35.9 Å². The van der Waals surface area contributed by atoms with E-state index in [1.54, 1.807) is 0 Å². The van der Waals surface area contributed by atoms with Gasteiger partial charge in [-0.1, -0.05) is 210 Å². The first-order valence-electron chi connectivity index (χ1n) is 31.8. The van der Waals surface area contributed by atoms with E-state index in [0.29, 0.717) is 28.3 Å². The molecule has 84 heavy (non-hydrogen) atoms. The van der Waals surface area contributed by atoms with Crippen molar-refractivity contribution >= 4 is 32.8 Å². The predicted molar refractivity (Wildman–Crippen MR) is 345 cm³/mol. The number of fused-ring (bicyclic) bond motifs is 10. The van der Waals surface area contributed by atoms with E-state index in [1.165, 1.54) is 29.3 Å². The van der Waals surface area contributed by atoms with Gasteiger partial charge in [0.1, 0.15) is 5.82 Å². The molecule has 1 aliphatic rings. The summed E-state index contributed by atoms with van der Waals surface area (Å²) < 4.78 is 66.9. The van der Waals surface area contributed by atoms with E-state index in [-0.39, 0.29) is 59.4 Å². The Morgan fingerprint density at radius 3 is 1.68 bits per heavy atom. The van der Waals surface area contributed by atoms with Crippen molar-refractivity contribution in [1.82, 2.24) is 14.1 Å². The Morgan fingerprint density at radius 2 is 1.04 bits per heavy atom. The third kappa shape index (κ3) is 9.82. The van der Waals surface area contributed by atoms with Crippen molar-refractivity contribution in [1.29, 1.82) is 0 Å². The third-order valence-electron chi connectivity index (χ3n) is 16.6. The summed E-state index contributed by atoms with van der Waals surface area (Å²) in [7, 11) is 0. The second-order valence-corrected chi connectivity index (χ2v) is 26.5. The van der Waals surface area contributed by atoms with Crippen LogP contribution in [0.15, 0.2) is 182 Å². The fourth-order valence-corrected chi connectivity index (χ4v) is 12.0. The molecule has 0 bridgehead atoms. The predicted octanol–water partition coefficient (Wildman–Crippen LogP) is 20.0. The number of pyridine rings is 1. The van der Waals surface area contributed by atoms with Crippen LogP contribution >= 0.6 is 0 Å². The van der Waals surface area contributed by atoms with Gasteiger partial charge in [0.25, 0.3) is 6.33 Å². The number of aryl methyl sites for hydroxylation is 2. The van der Waals surface area contributed by atoms with Gasteiger partial charge in [0.05, 0.1) is 16.7 Å². The Labute approximate surface area is 519 Å². The fraction of sp³-hybridized carbons (Fsp3) is 0.231. The molecule has 0 atom stereocenters. The van der Waals surface area contributed by atoms with Crippen molar-refractivity contribution in [3.63, 3.8) is 0 Å². The summed E-state index contributed by atoms with van der Waals surface area (Å²) in [4.78, 5) is 4.91. The van der Waals surface area contributed by atoms with Crippen LogP contribution < -0.4 is 9.30 Å². The Balaban J connectivity index is 0.00000785. The SMILES string of the molecule is [2H]C([2H])([2H])c1cccc(C([2H])([2H])[2H])c1-c1cc2c3c(c1)n(-c1[c-]c(Oc4[c-]c5c(cc4)c4ccccc4n5-c4cc(C(C)(C)C)ccn4)ccc1)[c-][n+]3-c1c(-c3cc(C(C)(C)C)cc(C(C)(C)C)c3)cc(C(C)(C)C)cc1-c1ccccc1-c1ccccc1-2.[Pt]. The number of benzene rings is 9. The summed E-state index contributed by atoms with van der Waals surface area (Å²) in [5.41, 5.74) is 16.7. The monoisotopic (exact) mass is 1280 g/mol. The minimum Gasteiger partial charge on any atom is -0.510 e. The second-order valence-electron chi connectivity index (χ2n) is 26.5. The summed E-state index contributed by atoms with van der Waals surface area (Å²) in [5.74, 6) is 1.66. The average Bonchev–Trinajstić information content (AvgIpc) is 1.51. The van der Waals surface area contributed by atoms with Crippen LogP contribution in [0.2, 0.25) is 0 Å². The molecule has 12 aromatic rings. The number of hydrogen-bond donors (Lipinski definition) is 0. The molecule has 0 unspecified atom stereocenters. The van der Waals surface area contributed by atoms with Gasteiger partial charge in [-0.25, -0.2) is 4.98 Å². The van der Waals surface area contributed by atoms with Gasteiger partial charge in [0, 0.05) is 52.5 Å². The van der Waals surface area contributed by atoms with Gasteiger partial charge in [-0.15, -0.1) is 29.7 Å². The van der Waals surface area contributed by atoms with Crippen LogP contribution in [0, 0.1) is 32.2 Å². The number of ether oxygens (including phenoxy) is 1. The van der Waals surface area contributed by atoms with Gasteiger partial charge in [-0.2, -0.15) is 18.2 Å². The molecular formula is C78H72N4OPt-2. The Kier molecular flexibility index (Phi) is 12.1. The van der Waals surface area contributed by atoms with E-state index >= 15 is 0 Å². The van der Waals surface area contributed by atoms with Crippen molar-refractivity contribution in [2.24, 2.45) is 0 Å². The van der Waals surface area contributed by atoms with Crippen molar-refractivity contribution in [3.8, 4) is 84.3 Å². The van der Waals surface area contributed by atoms with Crippen LogP contribution in [0.5, 0.6) is 11.5 Å². The molecule has 0 spiro atoms. The number of nitrogens with zero attached hydrogens (tertiary/aromatic N) is 4. The van der Waals surface area contributed by atoms with E-state index in [9.17, 15) is 0 Å². The molecule has 4 heterocycles. The number of rotatable bonds is 6. The van der Waals surface area contributed by atoms with Gasteiger partial charge in [0.15, 0.2) is 0 Å². The van der Waals surface area contributed by atoms with Crippen molar-refractivity contribution in [2.45, 2.75) is 118 Å². The van der Waals surface area contributed by atoms with Gasteiger partial charge in [-0.05, 0) is 160 Å². The Hall–Kier alpha value is -8.11. The van der Waals surface area contributed by atoms with E-state index < -0.39 is 13.7 Å². The maximum absolute atomic E-state index is 8.95. The molecule has 3 aromatic heterocycles. The van der Waals surface area contributed by atoms with E-state index in [1.807, 2.05) is 65.4 Å². The Morgan fingerprint density at radius 1 is 0.464 bits per heavy atom. The minimum absolute atomic E-state index is 0. The van der Waals surface area contributed by atoms with Gasteiger partial charge < -0.3 is 13.9 Å². The zero-order valence-electron chi connectivity index (χ0n) is 55.8. The quantitative estimate of drug-likeness (QED) is 0.123. The standard InChI is InChI=1S/C78H72N4O.Pt/c1-48-23-21-24-49(2)72(48)51-39-66-61-29-17-15-27-59(61)60-28-16-18-30-62(60)67-43-55(78(12,13)14)42-65(50-37-53(76(6,7)8)41-54(38-50)77(9,10)11)73(67)81-47-80(70(40-51)74(66)81)56-25-22-26-57(45-56)83-58-33-34-64-63-31-19-20-32-68(63)82(69(64)46-58)71-44-52(35-36-79-71)75(3,4)5;/h15-44H,1-14H3;/q-2;/i1D3,2D3;. The smallest absolute Gasteiger partial charge is 0.268 e. The average molecular weight is 1280 g/mol. The summed E-state index contributed by atoms with van der Waals surface area (Å²) in [5, 5.41) is 2.07. The van der Waals surface area contributed by atoms with E-state index in [0.717, 1.165) is 94.5 Å². The minimum atomic E-state index is -2.67. The van der Waals surface area contributed by atoms with Crippen LogP contribution in [0.3, 0.4) is 0 Å². The fourth-order valence-electron chi connectivity index (χ4n) is 12.0. The van der Waals surface area contributed by atoms with Crippen LogP contribution in [0.25, 0.3) is 106 Å². The second kappa shape index (κ2) is 20.6. The molecule has 422 valence electrons. The van der Waals surface area contributed by atoms with Crippen molar-refractivity contribution < 1.29 is 38.6 Å². The molecular weight excluding hydrogens is 1200 g/mol. The van der Waals surface area contributed by atoms with Gasteiger partial charge in [-0.3, -0.25) is 4.57 Å². The summed E-state index contributed by atoms with van der Waals surface area (Å²) in [6.45, 7) is 21.6.